The topological polar surface area (TPSA) is 42.7 Å². The molecule has 0 fully saturated rings. The van der Waals surface area contributed by atoms with Crippen molar-refractivity contribution in [2.24, 2.45) is 0 Å². The summed E-state index contributed by atoms with van der Waals surface area (Å²) in [6.07, 6.45) is 0.846. The third-order valence-corrected chi connectivity index (χ3v) is 5.26. The van der Waals surface area contributed by atoms with Crippen LogP contribution >= 0.6 is 0 Å². The van der Waals surface area contributed by atoms with Gasteiger partial charge in [-0.2, -0.15) is 0 Å². The number of furan rings is 1. The minimum absolute atomic E-state index is 0.0102. The zero-order valence-electron chi connectivity index (χ0n) is 16.0. The van der Waals surface area contributed by atoms with Crippen molar-refractivity contribution in [2.45, 2.75) is 19.5 Å². The summed E-state index contributed by atoms with van der Waals surface area (Å²) in [4.78, 5) is 15.2. The number of fused-ring (bicyclic) bond motifs is 2. The molecule has 4 nitrogen and oxygen atoms in total. The second-order valence-corrected chi connectivity index (χ2v) is 7.32. The van der Waals surface area contributed by atoms with E-state index in [9.17, 15) is 4.79 Å². The van der Waals surface area contributed by atoms with E-state index in [1.807, 2.05) is 83.8 Å². The molecule has 0 bridgehead atoms. The van der Waals surface area contributed by atoms with Gasteiger partial charge < -0.3 is 14.1 Å². The Hall–Kier alpha value is -3.53. The zero-order valence-corrected chi connectivity index (χ0v) is 16.0. The van der Waals surface area contributed by atoms with Crippen LogP contribution in [0.5, 0.6) is 5.75 Å². The Bertz CT molecular complexity index is 1130. The maximum atomic E-state index is 13.4. The molecule has 1 aromatic heterocycles. The lowest BCUT2D eigenvalue weighted by atomic mass is 10.1. The molecular formula is C25H21NO3. The Balaban J connectivity index is 1.46. The van der Waals surface area contributed by atoms with E-state index in [4.69, 9.17) is 9.15 Å². The van der Waals surface area contributed by atoms with Crippen molar-refractivity contribution in [3.05, 3.63) is 101 Å². The number of amides is 1. The fraction of sp³-hybridized carbons (Fsp3) is 0.160. The summed E-state index contributed by atoms with van der Waals surface area (Å²) >= 11 is 0. The van der Waals surface area contributed by atoms with E-state index in [2.05, 4.69) is 0 Å². The molecule has 29 heavy (non-hydrogen) atoms. The maximum Gasteiger partial charge on any atom is 0.254 e. The molecule has 4 heteroatoms. The van der Waals surface area contributed by atoms with Crippen LogP contribution < -0.4 is 4.74 Å². The first-order valence-corrected chi connectivity index (χ1v) is 9.83. The van der Waals surface area contributed by atoms with E-state index < -0.39 is 0 Å². The molecule has 3 aromatic carbocycles. The van der Waals surface area contributed by atoms with Crippen LogP contribution in [0, 0.1) is 0 Å². The molecule has 0 aliphatic carbocycles. The highest BCUT2D eigenvalue weighted by Gasteiger charge is 2.21. The zero-order chi connectivity index (χ0) is 19.6. The molecule has 1 aliphatic rings. The first kappa shape index (κ1) is 17.6. The van der Waals surface area contributed by atoms with E-state index in [-0.39, 0.29) is 5.91 Å². The highest BCUT2D eigenvalue weighted by molar-refractivity contribution is 5.94. The van der Waals surface area contributed by atoms with Gasteiger partial charge in [0.15, 0.2) is 0 Å². The summed E-state index contributed by atoms with van der Waals surface area (Å²) in [5.41, 5.74) is 3.70. The van der Waals surface area contributed by atoms with Crippen LogP contribution in [0.15, 0.2) is 83.3 Å². The number of carbonyl (C=O) groups excluding carboxylic acids is 1. The lowest BCUT2D eigenvalue weighted by molar-refractivity contribution is 0.0718. The van der Waals surface area contributed by atoms with Crippen molar-refractivity contribution in [1.29, 1.82) is 0 Å². The number of para-hydroxylation sites is 1. The number of nitrogens with zero attached hydrogens (tertiary/aromatic N) is 1. The summed E-state index contributed by atoms with van der Waals surface area (Å²) in [7, 11) is 0. The smallest absolute Gasteiger partial charge is 0.254 e. The summed E-state index contributed by atoms with van der Waals surface area (Å²) < 4.78 is 11.6. The highest BCUT2D eigenvalue weighted by atomic mass is 16.5. The van der Waals surface area contributed by atoms with Crippen LogP contribution in [0.4, 0.5) is 0 Å². The maximum absolute atomic E-state index is 13.4. The second kappa shape index (κ2) is 7.47. The summed E-state index contributed by atoms with van der Waals surface area (Å²) in [6, 6.07) is 25.7. The van der Waals surface area contributed by atoms with Crippen LogP contribution in [-0.4, -0.2) is 17.4 Å². The molecule has 1 aliphatic heterocycles. The second-order valence-electron chi connectivity index (χ2n) is 7.32. The van der Waals surface area contributed by atoms with E-state index in [1.165, 1.54) is 0 Å². The first-order valence-electron chi connectivity index (χ1n) is 9.83. The quantitative estimate of drug-likeness (QED) is 0.475. The van der Waals surface area contributed by atoms with E-state index >= 15 is 0 Å². The lowest BCUT2D eigenvalue weighted by Crippen LogP contribution is -2.30. The average molecular weight is 383 g/mol. The van der Waals surface area contributed by atoms with Crippen LogP contribution in [-0.2, 0) is 19.5 Å². The molecule has 0 spiro atoms. The predicted molar refractivity (Wildman–Crippen MR) is 112 cm³/mol. The van der Waals surface area contributed by atoms with Crippen LogP contribution in [0.1, 0.15) is 27.2 Å². The largest absolute Gasteiger partial charge is 0.493 e. The van der Waals surface area contributed by atoms with Crippen LogP contribution in [0.3, 0.4) is 0 Å². The molecule has 0 N–H and O–H groups in total. The van der Waals surface area contributed by atoms with Crippen LogP contribution in [0.2, 0.25) is 0 Å². The van der Waals surface area contributed by atoms with Crippen LogP contribution in [0.25, 0.3) is 11.0 Å². The normalized spacial score (nSPS) is 12.6. The standard InChI is InChI=1S/C25H21NO3/c27-25(21-10-11-23-20(14-21)12-13-28-23)26(16-18-6-2-1-3-7-18)17-22-15-19-8-4-5-9-24(19)29-22/h1-11,14-15H,12-13,16-17H2. The van der Waals surface area contributed by atoms with Crippen molar-refractivity contribution in [3.63, 3.8) is 0 Å². The fourth-order valence-electron chi connectivity index (χ4n) is 3.81. The third-order valence-electron chi connectivity index (χ3n) is 5.26. The first-order chi connectivity index (χ1) is 14.3. The van der Waals surface area contributed by atoms with Gasteiger partial charge >= 0.3 is 0 Å². The van der Waals surface area contributed by atoms with Crippen molar-refractivity contribution >= 4 is 16.9 Å². The molecule has 4 aromatic rings. The van der Waals surface area contributed by atoms with E-state index in [0.717, 1.165) is 40.0 Å². The molecule has 1 amide bonds. The van der Waals surface area contributed by atoms with Crippen molar-refractivity contribution < 1.29 is 13.9 Å². The molecule has 0 atom stereocenters. The number of hydrogen-bond donors (Lipinski definition) is 0. The summed E-state index contributed by atoms with van der Waals surface area (Å²) in [5, 5.41) is 1.05. The monoisotopic (exact) mass is 383 g/mol. The van der Waals surface area contributed by atoms with Gasteiger partial charge in [-0.1, -0.05) is 48.5 Å². The van der Waals surface area contributed by atoms with E-state index in [1.54, 1.807) is 0 Å². The Morgan fingerprint density at radius 3 is 2.59 bits per heavy atom. The van der Waals surface area contributed by atoms with Gasteiger partial charge in [0.25, 0.3) is 5.91 Å². The number of carbonyl (C=O) groups is 1. The Morgan fingerprint density at radius 2 is 1.72 bits per heavy atom. The molecular weight excluding hydrogens is 362 g/mol. The van der Waals surface area contributed by atoms with Gasteiger partial charge in [0.2, 0.25) is 0 Å². The molecule has 0 unspecified atom stereocenters. The minimum atomic E-state index is -0.0102. The summed E-state index contributed by atoms with van der Waals surface area (Å²) in [6.45, 7) is 1.61. The molecule has 144 valence electrons. The Morgan fingerprint density at radius 1 is 0.897 bits per heavy atom. The highest BCUT2D eigenvalue weighted by Crippen LogP contribution is 2.27. The SMILES string of the molecule is O=C(c1ccc2c(c1)CCO2)N(Cc1ccccc1)Cc1cc2ccccc2o1. The molecule has 5 rings (SSSR count). The van der Waals surface area contributed by atoms with Gasteiger partial charge in [0.1, 0.15) is 17.1 Å². The van der Waals surface area contributed by atoms with Gasteiger partial charge in [0.05, 0.1) is 13.2 Å². The number of rotatable bonds is 5. The molecule has 2 heterocycles. The van der Waals surface area contributed by atoms with Gasteiger partial charge in [-0.15, -0.1) is 0 Å². The Labute approximate surface area is 169 Å². The van der Waals surface area contributed by atoms with Gasteiger partial charge in [0, 0.05) is 23.9 Å². The van der Waals surface area contributed by atoms with Gasteiger partial charge in [-0.3, -0.25) is 4.79 Å². The lowest BCUT2D eigenvalue weighted by Gasteiger charge is -2.22. The Kier molecular flexibility index (Phi) is 4.53. The van der Waals surface area contributed by atoms with Crippen molar-refractivity contribution in [3.8, 4) is 5.75 Å². The van der Waals surface area contributed by atoms with Crippen molar-refractivity contribution in [2.75, 3.05) is 6.61 Å². The van der Waals surface area contributed by atoms with Gasteiger partial charge in [-0.25, -0.2) is 0 Å². The summed E-state index contributed by atoms with van der Waals surface area (Å²) in [5.74, 6) is 1.65. The molecule has 0 saturated carbocycles. The molecule has 0 saturated heterocycles. The predicted octanol–water partition coefficient (Wildman–Crippen LogP) is 5.21. The third kappa shape index (κ3) is 3.61. The minimum Gasteiger partial charge on any atom is -0.493 e. The molecule has 0 radical (unpaired) electrons. The number of hydrogen-bond acceptors (Lipinski definition) is 3. The fourth-order valence-corrected chi connectivity index (χ4v) is 3.81. The van der Waals surface area contributed by atoms with Gasteiger partial charge in [-0.05, 0) is 41.5 Å². The van der Waals surface area contributed by atoms with E-state index in [0.29, 0.717) is 25.3 Å². The van der Waals surface area contributed by atoms with Crippen molar-refractivity contribution in [1.82, 2.24) is 4.90 Å². The number of ether oxygens (including phenoxy) is 1. The number of benzene rings is 3. The average Bonchev–Trinajstić information content (AvgIpc) is 3.39.